The molecule has 3 rings (SSSR count). The molecule has 0 spiro atoms. The van der Waals surface area contributed by atoms with Crippen LogP contribution in [0, 0.1) is 0 Å². The van der Waals surface area contributed by atoms with Crippen LogP contribution in [0.4, 0.5) is 5.69 Å². The highest BCUT2D eigenvalue weighted by Gasteiger charge is 2.24. The number of carbonyl (C=O) groups is 1. The van der Waals surface area contributed by atoms with Crippen molar-refractivity contribution in [3.05, 3.63) is 29.8 Å². The first kappa shape index (κ1) is 15.8. The zero-order chi connectivity index (χ0) is 16.1. The number of guanidine groups is 1. The number of aliphatic imine (C=N–C) groups is 1. The Kier molecular flexibility index (Phi) is 5.12. The molecule has 1 saturated heterocycles. The molecule has 0 radical (unpaired) electrons. The fourth-order valence-electron chi connectivity index (χ4n) is 3.09. The highest BCUT2D eigenvalue weighted by molar-refractivity contribution is 5.98. The third-order valence-corrected chi connectivity index (χ3v) is 4.34. The summed E-state index contributed by atoms with van der Waals surface area (Å²) in [5, 5.41) is 6.31. The van der Waals surface area contributed by atoms with E-state index in [2.05, 4.69) is 21.7 Å². The van der Waals surface area contributed by atoms with Gasteiger partial charge in [-0.3, -0.25) is 9.79 Å². The van der Waals surface area contributed by atoms with Crippen molar-refractivity contribution in [2.45, 2.75) is 25.4 Å². The third kappa shape index (κ3) is 3.82. The maximum absolute atomic E-state index is 12.4. The van der Waals surface area contributed by atoms with Gasteiger partial charge in [-0.1, -0.05) is 18.2 Å². The van der Waals surface area contributed by atoms with Crippen LogP contribution in [0.3, 0.4) is 0 Å². The number of para-hydroxylation sites is 1. The number of hydrogen-bond acceptors (Lipinski definition) is 3. The van der Waals surface area contributed by atoms with E-state index in [1.165, 1.54) is 5.56 Å². The highest BCUT2D eigenvalue weighted by atomic mass is 16.5. The molecule has 0 bridgehead atoms. The van der Waals surface area contributed by atoms with Gasteiger partial charge in [-0.2, -0.15) is 0 Å². The SMILES string of the molecule is CN=C(NCC(=O)N1CCc2ccccc21)NCC1CCCO1. The second-order valence-electron chi connectivity index (χ2n) is 5.87. The summed E-state index contributed by atoms with van der Waals surface area (Å²) in [7, 11) is 1.71. The molecule has 2 aliphatic heterocycles. The van der Waals surface area contributed by atoms with E-state index in [0.717, 1.165) is 44.6 Å². The van der Waals surface area contributed by atoms with Crippen LogP contribution in [0.1, 0.15) is 18.4 Å². The topological polar surface area (TPSA) is 66.0 Å². The minimum absolute atomic E-state index is 0.0648. The molecule has 0 aromatic heterocycles. The fraction of sp³-hybridized carbons (Fsp3) is 0.529. The van der Waals surface area contributed by atoms with Crippen molar-refractivity contribution < 1.29 is 9.53 Å². The number of anilines is 1. The van der Waals surface area contributed by atoms with E-state index in [1.807, 2.05) is 23.1 Å². The Balaban J connectivity index is 1.48. The van der Waals surface area contributed by atoms with Crippen LogP contribution in [-0.4, -0.2) is 51.3 Å². The van der Waals surface area contributed by atoms with E-state index in [1.54, 1.807) is 7.05 Å². The van der Waals surface area contributed by atoms with E-state index < -0.39 is 0 Å². The van der Waals surface area contributed by atoms with E-state index in [9.17, 15) is 4.79 Å². The Morgan fingerprint density at radius 2 is 2.26 bits per heavy atom. The predicted molar refractivity (Wildman–Crippen MR) is 90.8 cm³/mol. The summed E-state index contributed by atoms with van der Waals surface area (Å²) in [4.78, 5) is 18.4. The summed E-state index contributed by atoms with van der Waals surface area (Å²) in [6.07, 6.45) is 3.36. The van der Waals surface area contributed by atoms with Gasteiger partial charge >= 0.3 is 0 Å². The van der Waals surface area contributed by atoms with Crippen molar-refractivity contribution in [3.8, 4) is 0 Å². The standard InChI is InChI=1S/C17H24N4O2/c1-18-17(19-11-14-6-4-10-23-14)20-12-16(22)21-9-8-13-5-2-3-7-15(13)21/h2-3,5,7,14H,4,6,8-12H2,1H3,(H2,18,19,20). The zero-order valence-electron chi connectivity index (χ0n) is 13.5. The first-order valence-electron chi connectivity index (χ1n) is 8.22. The van der Waals surface area contributed by atoms with Crippen LogP contribution in [0.15, 0.2) is 29.3 Å². The molecule has 6 nitrogen and oxygen atoms in total. The van der Waals surface area contributed by atoms with Gasteiger partial charge in [0.25, 0.3) is 0 Å². The maximum Gasteiger partial charge on any atom is 0.246 e. The Hall–Kier alpha value is -2.08. The molecule has 2 heterocycles. The monoisotopic (exact) mass is 316 g/mol. The van der Waals surface area contributed by atoms with Crippen molar-refractivity contribution in [1.82, 2.24) is 10.6 Å². The summed E-state index contributed by atoms with van der Waals surface area (Å²) >= 11 is 0. The molecular weight excluding hydrogens is 292 g/mol. The minimum Gasteiger partial charge on any atom is -0.376 e. The summed E-state index contributed by atoms with van der Waals surface area (Å²) in [6, 6.07) is 8.07. The van der Waals surface area contributed by atoms with E-state index in [0.29, 0.717) is 5.96 Å². The number of carbonyl (C=O) groups excluding carboxylic acids is 1. The Morgan fingerprint density at radius 1 is 1.39 bits per heavy atom. The largest absolute Gasteiger partial charge is 0.376 e. The van der Waals surface area contributed by atoms with E-state index >= 15 is 0 Å². The Labute approximate surface area is 136 Å². The Bertz CT molecular complexity index is 582. The molecule has 1 atom stereocenters. The molecule has 124 valence electrons. The predicted octanol–water partition coefficient (Wildman–Crippen LogP) is 0.920. The molecular formula is C17H24N4O2. The second-order valence-corrected chi connectivity index (χ2v) is 5.87. The number of nitrogens with zero attached hydrogens (tertiary/aromatic N) is 2. The van der Waals surface area contributed by atoms with Crippen molar-refractivity contribution in [2.24, 2.45) is 4.99 Å². The lowest BCUT2D eigenvalue weighted by atomic mass is 10.2. The quantitative estimate of drug-likeness (QED) is 0.640. The summed E-state index contributed by atoms with van der Waals surface area (Å²) < 4.78 is 5.57. The molecule has 0 aliphatic carbocycles. The average Bonchev–Trinajstić information content (AvgIpc) is 3.24. The number of fused-ring (bicyclic) bond motifs is 1. The van der Waals surface area contributed by atoms with Crippen molar-refractivity contribution >= 4 is 17.6 Å². The lowest BCUT2D eigenvalue weighted by Crippen LogP contribution is -2.46. The number of hydrogen-bond donors (Lipinski definition) is 2. The number of rotatable bonds is 4. The number of ether oxygens (including phenoxy) is 1. The Morgan fingerprint density at radius 3 is 3.04 bits per heavy atom. The summed E-state index contributed by atoms with van der Waals surface area (Å²) in [5.41, 5.74) is 2.27. The second kappa shape index (κ2) is 7.46. The fourth-order valence-corrected chi connectivity index (χ4v) is 3.09. The van der Waals surface area contributed by atoms with Gasteiger partial charge in [-0.05, 0) is 30.9 Å². The molecule has 1 unspecified atom stereocenters. The van der Waals surface area contributed by atoms with Gasteiger partial charge in [0.05, 0.1) is 12.6 Å². The van der Waals surface area contributed by atoms with Crippen LogP contribution in [-0.2, 0) is 16.0 Å². The smallest absolute Gasteiger partial charge is 0.246 e. The van der Waals surface area contributed by atoms with Crippen molar-refractivity contribution in [2.75, 3.05) is 38.2 Å². The highest BCUT2D eigenvalue weighted by Crippen LogP contribution is 2.27. The van der Waals surface area contributed by atoms with Crippen LogP contribution in [0.5, 0.6) is 0 Å². The summed E-state index contributed by atoms with van der Waals surface area (Å²) in [6.45, 7) is 2.55. The van der Waals surface area contributed by atoms with Crippen LogP contribution in [0.25, 0.3) is 0 Å². The van der Waals surface area contributed by atoms with Gasteiger partial charge in [0.1, 0.15) is 0 Å². The molecule has 1 amide bonds. The van der Waals surface area contributed by atoms with Gasteiger partial charge in [0.15, 0.2) is 5.96 Å². The third-order valence-electron chi connectivity index (χ3n) is 4.34. The average molecular weight is 316 g/mol. The van der Waals surface area contributed by atoms with Gasteiger partial charge in [0, 0.05) is 32.4 Å². The number of nitrogens with one attached hydrogen (secondary N) is 2. The lowest BCUT2D eigenvalue weighted by molar-refractivity contribution is -0.117. The normalized spacial score (nSPS) is 20.5. The first-order valence-corrected chi connectivity index (χ1v) is 8.22. The van der Waals surface area contributed by atoms with Crippen LogP contribution >= 0.6 is 0 Å². The lowest BCUT2D eigenvalue weighted by Gasteiger charge is -2.19. The molecule has 23 heavy (non-hydrogen) atoms. The van der Waals surface area contributed by atoms with Crippen LogP contribution in [0.2, 0.25) is 0 Å². The van der Waals surface area contributed by atoms with E-state index in [-0.39, 0.29) is 18.6 Å². The van der Waals surface area contributed by atoms with E-state index in [4.69, 9.17) is 4.74 Å². The minimum atomic E-state index is 0.0648. The maximum atomic E-state index is 12.4. The molecule has 1 aromatic rings. The molecule has 1 fully saturated rings. The molecule has 0 saturated carbocycles. The van der Waals surface area contributed by atoms with Crippen molar-refractivity contribution in [1.29, 1.82) is 0 Å². The molecule has 1 aromatic carbocycles. The van der Waals surface area contributed by atoms with Gasteiger partial charge in [-0.15, -0.1) is 0 Å². The van der Waals surface area contributed by atoms with Crippen LogP contribution < -0.4 is 15.5 Å². The molecule has 2 aliphatic rings. The van der Waals surface area contributed by atoms with Gasteiger partial charge in [-0.25, -0.2) is 0 Å². The number of amides is 1. The zero-order valence-corrected chi connectivity index (χ0v) is 13.5. The summed E-state index contributed by atoms with van der Waals surface area (Å²) in [5.74, 6) is 0.705. The van der Waals surface area contributed by atoms with Gasteiger partial charge in [0.2, 0.25) is 5.91 Å². The van der Waals surface area contributed by atoms with Crippen molar-refractivity contribution in [3.63, 3.8) is 0 Å². The molecule has 6 heteroatoms. The number of benzene rings is 1. The first-order chi connectivity index (χ1) is 11.3. The van der Waals surface area contributed by atoms with Gasteiger partial charge < -0.3 is 20.3 Å². The molecule has 2 N–H and O–H groups in total.